The molecule has 16 heavy (non-hydrogen) atoms. The second-order valence-corrected chi connectivity index (χ2v) is 4.23. The van der Waals surface area contributed by atoms with Crippen LogP contribution in [0, 0.1) is 0 Å². The van der Waals surface area contributed by atoms with Crippen molar-refractivity contribution >= 4 is 33.3 Å². The molecule has 0 radical (unpaired) electrons. The molecule has 4 nitrogen and oxygen atoms in total. The van der Waals surface area contributed by atoms with Crippen molar-refractivity contribution in [3.63, 3.8) is 0 Å². The Morgan fingerprint density at radius 2 is 2.12 bits per heavy atom. The van der Waals surface area contributed by atoms with Gasteiger partial charge in [-0.15, -0.1) is 0 Å². The summed E-state index contributed by atoms with van der Waals surface area (Å²) < 4.78 is 6.38. The highest BCUT2D eigenvalue weighted by Gasteiger charge is 2.08. The maximum Gasteiger partial charge on any atom is 0.243 e. The molecule has 0 saturated carbocycles. The van der Waals surface area contributed by atoms with E-state index >= 15 is 0 Å². The summed E-state index contributed by atoms with van der Waals surface area (Å²) in [6.07, 6.45) is 1.30. The monoisotopic (exact) mass is 299 g/mol. The molecule has 0 aliphatic carbocycles. The Hall–Kier alpha value is -1.33. The molecule has 2 aromatic rings. The maximum atomic E-state index is 5.90. The topological polar surface area (TPSA) is 61.0 Å². The van der Waals surface area contributed by atoms with Crippen molar-refractivity contribution in [2.45, 2.75) is 0 Å². The van der Waals surface area contributed by atoms with Gasteiger partial charge in [0.25, 0.3) is 0 Å². The summed E-state index contributed by atoms with van der Waals surface area (Å²) in [5.74, 6) is 1.06. The lowest BCUT2D eigenvalue weighted by atomic mass is 10.3. The minimum atomic E-state index is 0.196. The molecule has 0 saturated heterocycles. The molecule has 0 fully saturated rings. The molecule has 0 atom stereocenters. The lowest BCUT2D eigenvalue weighted by molar-refractivity contribution is 0.462. The zero-order valence-electron chi connectivity index (χ0n) is 8.02. The highest BCUT2D eigenvalue weighted by atomic mass is 79.9. The summed E-state index contributed by atoms with van der Waals surface area (Å²) in [5, 5.41) is 0.211. The highest BCUT2D eigenvalue weighted by Crippen LogP contribution is 2.30. The standard InChI is InChI=1S/C10H7BrClN3O/c11-6-2-1-3-7(4-6)16-10-8(12)9(13)14-5-15-10/h1-5H,(H2,13,14,15). The molecule has 2 rings (SSSR count). The van der Waals surface area contributed by atoms with Crippen molar-refractivity contribution in [1.29, 1.82) is 0 Å². The van der Waals surface area contributed by atoms with Crippen molar-refractivity contribution in [2.24, 2.45) is 0 Å². The molecule has 6 heteroatoms. The summed E-state index contributed by atoms with van der Waals surface area (Å²) >= 11 is 9.23. The average Bonchev–Trinajstić information content (AvgIpc) is 2.25. The van der Waals surface area contributed by atoms with Crippen LogP contribution >= 0.6 is 27.5 Å². The second-order valence-electron chi connectivity index (χ2n) is 2.94. The van der Waals surface area contributed by atoms with Gasteiger partial charge in [0.1, 0.15) is 22.9 Å². The average molecular weight is 301 g/mol. The van der Waals surface area contributed by atoms with E-state index in [2.05, 4.69) is 25.9 Å². The van der Waals surface area contributed by atoms with Gasteiger partial charge in [0.05, 0.1) is 0 Å². The van der Waals surface area contributed by atoms with Gasteiger partial charge in [-0.05, 0) is 18.2 Å². The summed E-state index contributed by atoms with van der Waals surface area (Å²) in [6.45, 7) is 0. The van der Waals surface area contributed by atoms with Crippen LogP contribution in [0.15, 0.2) is 35.1 Å². The lowest BCUT2D eigenvalue weighted by Gasteiger charge is -2.06. The third kappa shape index (κ3) is 2.43. The van der Waals surface area contributed by atoms with Crippen LogP contribution in [0.25, 0.3) is 0 Å². The zero-order valence-corrected chi connectivity index (χ0v) is 10.4. The number of aromatic nitrogens is 2. The summed E-state index contributed by atoms with van der Waals surface area (Å²) in [6, 6.07) is 7.33. The first-order valence-electron chi connectivity index (χ1n) is 4.36. The summed E-state index contributed by atoms with van der Waals surface area (Å²) in [4.78, 5) is 7.65. The van der Waals surface area contributed by atoms with Crippen molar-refractivity contribution < 1.29 is 4.74 Å². The molecule has 0 spiro atoms. The van der Waals surface area contributed by atoms with Crippen LogP contribution in [0.1, 0.15) is 0 Å². The van der Waals surface area contributed by atoms with Gasteiger partial charge in [-0.1, -0.05) is 33.6 Å². The van der Waals surface area contributed by atoms with E-state index in [1.54, 1.807) is 12.1 Å². The Morgan fingerprint density at radius 3 is 2.88 bits per heavy atom. The Labute approximate surface area is 106 Å². The third-order valence-corrected chi connectivity index (χ3v) is 2.64. The number of rotatable bonds is 2. The Balaban J connectivity index is 2.31. The minimum Gasteiger partial charge on any atom is -0.437 e. The van der Waals surface area contributed by atoms with Gasteiger partial charge in [-0.2, -0.15) is 4.98 Å². The van der Waals surface area contributed by atoms with Gasteiger partial charge in [0.2, 0.25) is 5.88 Å². The zero-order chi connectivity index (χ0) is 11.5. The molecule has 0 bridgehead atoms. The Morgan fingerprint density at radius 1 is 1.31 bits per heavy atom. The number of nitrogens with two attached hydrogens (primary N) is 1. The molecule has 1 aromatic carbocycles. The minimum absolute atomic E-state index is 0.196. The fraction of sp³-hybridized carbons (Fsp3) is 0. The number of halogens is 2. The molecule has 2 N–H and O–H groups in total. The summed E-state index contributed by atoms with van der Waals surface area (Å²) in [7, 11) is 0. The van der Waals surface area contributed by atoms with Gasteiger partial charge in [0.15, 0.2) is 0 Å². The SMILES string of the molecule is Nc1ncnc(Oc2cccc(Br)c2)c1Cl. The van der Waals surface area contributed by atoms with Gasteiger partial charge in [0, 0.05) is 4.47 Å². The molecule has 0 aliphatic heterocycles. The van der Waals surface area contributed by atoms with Gasteiger partial charge in [-0.25, -0.2) is 4.98 Å². The van der Waals surface area contributed by atoms with Gasteiger partial charge >= 0.3 is 0 Å². The number of ether oxygens (including phenoxy) is 1. The molecular formula is C10H7BrClN3O. The van der Waals surface area contributed by atoms with E-state index in [-0.39, 0.29) is 16.7 Å². The smallest absolute Gasteiger partial charge is 0.243 e. The van der Waals surface area contributed by atoms with Crippen molar-refractivity contribution in [3.8, 4) is 11.6 Å². The normalized spacial score (nSPS) is 10.1. The molecular weight excluding hydrogens is 293 g/mol. The number of anilines is 1. The van der Waals surface area contributed by atoms with Crippen LogP contribution < -0.4 is 10.5 Å². The first-order chi connectivity index (χ1) is 7.66. The van der Waals surface area contributed by atoms with E-state index in [1.165, 1.54) is 6.33 Å². The Kier molecular flexibility index (Phi) is 3.26. The molecule has 1 heterocycles. The maximum absolute atomic E-state index is 5.90. The van der Waals surface area contributed by atoms with Crippen LogP contribution in [-0.2, 0) is 0 Å². The van der Waals surface area contributed by atoms with Crippen molar-refractivity contribution in [2.75, 3.05) is 5.73 Å². The molecule has 0 unspecified atom stereocenters. The number of benzene rings is 1. The van der Waals surface area contributed by atoms with Crippen LogP contribution in [0.2, 0.25) is 5.02 Å². The predicted octanol–water partition coefficient (Wildman–Crippen LogP) is 3.27. The predicted molar refractivity (Wildman–Crippen MR) is 65.7 cm³/mol. The van der Waals surface area contributed by atoms with Crippen LogP contribution in [0.5, 0.6) is 11.6 Å². The van der Waals surface area contributed by atoms with Crippen LogP contribution in [0.4, 0.5) is 5.82 Å². The second kappa shape index (κ2) is 4.67. The fourth-order valence-corrected chi connectivity index (χ4v) is 1.59. The van der Waals surface area contributed by atoms with E-state index in [0.29, 0.717) is 5.75 Å². The molecule has 0 amide bonds. The quantitative estimate of drug-likeness (QED) is 0.924. The number of hydrogen-bond donors (Lipinski definition) is 1. The van der Waals surface area contributed by atoms with Crippen molar-refractivity contribution in [3.05, 3.63) is 40.1 Å². The fourth-order valence-electron chi connectivity index (χ4n) is 1.08. The molecule has 82 valence electrons. The largest absolute Gasteiger partial charge is 0.437 e. The van der Waals surface area contributed by atoms with E-state index < -0.39 is 0 Å². The first-order valence-corrected chi connectivity index (χ1v) is 5.53. The molecule has 0 aliphatic rings. The van der Waals surface area contributed by atoms with Crippen LogP contribution in [0.3, 0.4) is 0 Å². The van der Waals surface area contributed by atoms with E-state index in [9.17, 15) is 0 Å². The van der Waals surface area contributed by atoms with Gasteiger partial charge < -0.3 is 10.5 Å². The first kappa shape index (κ1) is 11.2. The number of hydrogen-bond acceptors (Lipinski definition) is 4. The van der Waals surface area contributed by atoms with Crippen molar-refractivity contribution in [1.82, 2.24) is 9.97 Å². The summed E-state index contributed by atoms with van der Waals surface area (Å²) in [5.41, 5.74) is 5.53. The Bertz CT molecular complexity index is 521. The van der Waals surface area contributed by atoms with E-state index in [1.807, 2.05) is 12.1 Å². The van der Waals surface area contributed by atoms with Crippen LogP contribution in [-0.4, -0.2) is 9.97 Å². The van der Waals surface area contributed by atoms with E-state index in [4.69, 9.17) is 22.1 Å². The highest BCUT2D eigenvalue weighted by molar-refractivity contribution is 9.10. The number of nitrogens with zero attached hydrogens (tertiary/aromatic N) is 2. The van der Waals surface area contributed by atoms with Gasteiger partial charge in [-0.3, -0.25) is 0 Å². The number of nitrogen functional groups attached to an aromatic ring is 1. The molecule has 1 aromatic heterocycles. The third-order valence-electron chi connectivity index (χ3n) is 1.80. The lowest BCUT2D eigenvalue weighted by Crippen LogP contribution is -1.96. The van der Waals surface area contributed by atoms with E-state index in [0.717, 1.165) is 4.47 Å².